The molecule has 0 aliphatic heterocycles. The molecule has 0 unspecified atom stereocenters. The van der Waals surface area contributed by atoms with E-state index >= 15 is 0 Å². The van der Waals surface area contributed by atoms with Gasteiger partial charge in [0, 0.05) is 17.4 Å². The molecular weight excluding hydrogens is 350 g/mol. The van der Waals surface area contributed by atoms with E-state index in [4.69, 9.17) is 0 Å². The molecule has 2 N–H and O–H groups in total. The third-order valence-electron chi connectivity index (χ3n) is 4.72. The molecular formula is C23H25N3O2. The number of carbonyl (C=O) groups is 1. The summed E-state index contributed by atoms with van der Waals surface area (Å²) >= 11 is 0. The molecule has 3 aromatic rings. The first-order valence-electron chi connectivity index (χ1n) is 9.34. The van der Waals surface area contributed by atoms with E-state index in [0.717, 1.165) is 27.9 Å². The molecule has 0 spiro atoms. The highest BCUT2D eigenvalue weighted by Gasteiger charge is 2.14. The van der Waals surface area contributed by atoms with E-state index < -0.39 is 0 Å². The average molecular weight is 375 g/mol. The van der Waals surface area contributed by atoms with Gasteiger partial charge in [-0.05, 0) is 54.2 Å². The number of anilines is 1. The Morgan fingerprint density at radius 3 is 2.46 bits per heavy atom. The number of benzene rings is 2. The Hall–Kier alpha value is -3.05. The summed E-state index contributed by atoms with van der Waals surface area (Å²) in [5.41, 5.74) is 6.21. The second-order valence-electron chi connectivity index (χ2n) is 7.26. The molecule has 144 valence electrons. The second kappa shape index (κ2) is 8.31. The molecule has 0 saturated heterocycles. The second-order valence-corrected chi connectivity index (χ2v) is 7.26. The molecule has 0 saturated carbocycles. The van der Waals surface area contributed by atoms with Crippen LogP contribution in [-0.4, -0.2) is 21.0 Å². The maximum absolute atomic E-state index is 12.7. The quantitative estimate of drug-likeness (QED) is 0.682. The zero-order chi connectivity index (χ0) is 20.3. The topological polar surface area (TPSA) is 75.1 Å². The van der Waals surface area contributed by atoms with E-state index in [1.807, 2.05) is 44.2 Å². The van der Waals surface area contributed by atoms with Gasteiger partial charge in [0.15, 0.2) is 0 Å². The summed E-state index contributed by atoms with van der Waals surface area (Å²) in [5.74, 6) is 0.180. The predicted octanol–water partition coefficient (Wildman–Crippen LogP) is 4.63. The van der Waals surface area contributed by atoms with Crippen molar-refractivity contribution in [3.05, 3.63) is 76.7 Å². The number of hydrogen-bond donors (Lipinski definition) is 2. The fourth-order valence-electron chi connectivity index (χ4n) is 3.20. The normalized spacial score (nSPS) is 10.9. The van der Waals surface area contributed by atoms with Crippen molar-refractivity contribution in [2.24, 2.45) is 0 Å². The largest absolute Gasteiger partial charge is 0.392 e. The standard InChI is InChI=1S/C23H25N3O2/c1-14(2)18-6-5-7-19(12-18)20-8-9-24-22(25-20)23(28)26-21-15(3)10-17(13-27)11-16(21)4/h5-12,14,27H,13H2,1-4H3,(H,26,28). The van der Waals surface area contributed by atoms with Gasteiger partial charge in [-0.25, -0.2) is 9.97 Å². The SMILES string of the molecule is Cc1cc(CO)cc(C)c1NC(=O)c1nccc(-c2cccc(C(C)C)c2)n1. The molecule has 1 heterocycles. The van der Waals surface area contributed by atoms with E-state index in [0.29, 0.717) is 11.6 Å². The number of aliphatic hydroxyl groups excluding tert-OH is 1. The molecule has 0 radical (unpaired) electrons. The van der Waals surface area contributed by atoms with Gasteiger partial charge in [-0.1, -0.05) is 44.2 Å². The van der Waals surface area contributed by atoms with Crippen molar-refractivity contribution >= 4 is 11.6 Å². The van der Waals surface area contributed by atoms with Crippen LogP contribution in [0.3, 0.4) is 0 Å². The highest BCUT2D eigenvalue weighted by Crippen LogP contribution is 2.24. The number of aryl methyl sites for hydroxylation is 2. The van der Waals surface area contributed by atoms with Gasteiger partial charge in [0.05, 0.1) is 12.3 Å². The van der Waals surface area contributed by atoms with Crippen LogP contribution < -0.4 is 5.32 Å². The maximum atomic E-state index is 12.7. The minimum absolute atomic E-state index is 0.0312. The summed E-state index contributed by atoms with van der Waals surface area (Å²) in [5, 5.41) is 12.2. The molecule has 3 rings (SSSR count). The minimum Gasteiger partial charge on any atom is -0.392 e. The Labute approximate surface area is 165 Å². The first-order chi connectivity index (χ1) is 13.4. The average Bonchev–Trinajstić information content (AvgIpc) is 2.70. The van der Waals surface area contributed by atoms with Gasteiger partial charge in [0.1, 0.15) is 0 Å². The van der Waals surface area contributed by atoms with Crippen LogP contribution in [0.15, 0.2) is 48.7 Å². The monoisotopic (exact) mass is 375 g/mol. The van der Waals surface area contributed by atoms with Crippen molar-refractivity contribution in [3.8, 4) is 11.3 Å². The number of amides is 1. The van der Waals surface area contributed by atoms with Crippen molar-refractivity contribution in [2.75, 3.05) is 5.32 Å². The van der Waals surface area contributed by atoms with Crippen LogP contribution in [0.2, 0.25) is 0 Å². The summed E-state index contributed by atoms with van der Waals surface area (Å²) in [6.07, 6.45) is 1.61. The Kier molecular flexibility index (Phi) is 5.85. The third kappa shape index (κ3) is 4.26. The van der Waals surface area contributed by atoms with Crippen LogP contribution in [0.5, 0.6) is 0 Å². The van der Waals surface area contributed by atoms with Crippen molar-refractivity contribution in [3.63, 3.8) is 0 Å². The van der Waals surface area contributed by atoms with Crippen LogP contribution in [0.4, 0.5) is 5.69 Å². The minimum atomic E-state index is -0.357. The molecule has 5 heteroatoms. The molecule has 5 nitrogen and oxygen atoms in total. The Morgan fingerprint density at radius 1 is 1.11 bits per heavy atom. The van der Waals surface area contributed by atoms with E-state index in [-0.39, 0.29) is 18.3 Å². The van der Waals surface area contributed by atoms with Crippen LogP contribution in [-0.2, 0) is 6.61 Å². The van der Waals surface area contributed by atoms with E-state index in [1.165, 1.54) is 5.56 Å². The zero-order valence-electron chi connectivity index (χ0n) is 16.7. The van der Waals surface area contributed by atoms with Crippen molar-refractivity contribution < 1.29 is 9.90 Å². The number of hydrogen-bond acceptors (Lipinski definition) is 4. The van der Waals surface area contributed by atoms with Crippen molar-refractivity contribution in [1.82, 2.24) is 9.97 Å². The van der Waals surface area contributed by atoms with Gasteiger partial charge in [0.2, 0.25) is 5.82 Å². The molecule has 0 atom stereocenters. The number of aliphatic hydroxyl groups is 1. The number of nitrogens with zero attached hydrogens (tertiary/aromatic N) is 2. The lowest BCUT2D eigenvalue weighted by Crippen LogP contribution is -2.17. The fourth-order valence-corrected chi connectivity index (χ4v) is 3.20. The lowest BCUT2D eigenvalue weighted by atomic mass is 10.00. The Balaban J connectivity index is 1.88. The van der Waals surface area contributed by atoms with Crippen molar-refractivity contribution in [1.29, 1.82) is 0 Å². The van der Waals surface area contributed by atoms with Crippen LogP contribution in [0, 0.1) is 13.8 Å². The maximum Gasteiger partial charge on any atom is 0.293 e. The van der Waals surface area contributed by atoms with Gasteiger partial charge < -0.3 is 10.4 Å². The van der Waals surface area contributed by atoms with Crippen LogP contribution in [0.25, 0.3) is 11.3 Å². The summed E-state index contributed by atoms with van der Waals surface area (Å²) in [4.78, 5) is 21.4. The molecule has 0 aliphatic rings. The first kappa shape index (κ1) is 19.7. The lowest BCUT2D eigenvalue weighted by Gasteiger charge is -2.13. The van der Waals surface area contributed by atoms with E-state index in [9.17, 15) is 9.90 Å². The van der Waals surface area contributed by atoms with Crippen molar-refractivity contribution in [2.45, 2.75) is 40.2 Å². The smallest absolute Gasteiger partial charge is 0.293 e. The highest BCUT2D eigenvalue weighted by molar-refractivity contribution is 6.02. The summed E-state index contributed by atoms with van der Waals surface area (Å²) in [6, 6.07) is 13.7. The van der Waals surface area contributed by atoms with E-state index in [1.54, 1.807) is 6.20 Å². The molecule has 0 fully saturated rings. The van der Waals surface area contributed by atoms with Gasteiger partial charge >= 0.3 is 0 Å². The molecule has 1 aromatic heterocycles. The molecule has 0 bridgehead atoms. The molecule has 1 amide bonds. The number of carbonyl (C=O) groups excluding carboxylic acids is 1. The zero-order valence-corrected chi connectivity index (χ0v) is 16.7. The van der Waals surface area contributed by atoms with Gasteiger partial charge in [-0.2, -0.15) is 0 Å². The summed E-state index contributed by atoms with van der Waals surface area (Å²) < 4.78 is 0. The first-order valence-corrected chi connectivity index (χ1v) is 9.34. The van der Waals surface area contributed by atoms with Gasteiger partial charge in [-0.3, -0.25) is 4.79 Å². The highest BCUT2D eigenvalue weighted by atomic mass is 16.3. The molecule has 0 aliphatic carbocycles. The van der Waals surface area contributed by atoms with Gasteiger partial charge in [0.25, 0.3) is 5.91 Å². The summed E-state index contributed by atoms with van der Waals surface area (Å²) in [7, 11) is 0. The molecule has 28 heavy (non-hydrogen) atoms. The third-order valence-corrected chi connectivity index (χ3v) is 4.72. The lowest BCUT2D eigenvalue weighted by molar-refractivity contribution is 0.101. The molecule has 2 aromatic carbocycles. The van der Waals surface area contributed by atoms with Gasteiger partial charge in [-0.15, -0.1) is 0 Å². The number of rotatable bonds is 5. The van der Waals surface area contributed by atoms with Crippen LogP contribution >= 0.6 is 0 Å². The Bertz CT molecular complexity index is 989. The van der Waals surface area contributed by atoms with Crippen LogP contribution in [0.1, 0.15) is 52.6 Å². The number of aromatic nitrogens is 2. The fraction of sp³-hybridized carbons (Fsp3) is 0.261. The van der Waals surface area contributed by atoms with E-state index in [2.05, 4.69) is 41.3 Å². The predicted molar refractivity (Wildman–Crippen MR) is 111 cm³/mol. The summed E-state index contributed by atoms with van der Waals surface area (Å²) in [6.45, 7) is 8.05. The number of nitrogens with one attached hydrogen (secondary N) is 1. The Morgan fingerprint density at radius 2 is 1.82 bits per heavy atom.